The van der Waals surface area contributed by atoms with E-state index < -0.39 is 17.9 Å². The number of nitrogens with zero attached hydrogens (tertiary/aromatic N) is 3. The molecular formula is C18H28N4O5. The molecule has 150 valence electrons. The molecule has 1 fully saturated rings. The fourth-order valence-corrected chi connectivity index (χ4v) is 2.83. The van der Waals surface area contributed by atoms with Crippen LogP contribution in [0.2, 0.25) is 0 Å². The molecule has 0 unspecified atom stereocenters. The van der Waals surface area contributed by atoms with Gasteiger partial charge < -0.3 is 24.3 Å². The summed E-state index contributed by atoms with van der Waals surface area (Å²) in [6.45, 7) is 6.30. The van der Waals surface area contributed by atoms with Gasteiger partial charge >= 0.3 is 5.97 Å². The Morgan fingerprint density at radius 3 is 2.59 bits per heavy atom. The first-order chi connectivity index (χ1) is 12.9. The number of piperazine rings is 1. The first-order valence-electron chi connectivity index (χ1n) is 9.00. The molecule has 1 saturated heterocycles. The Hall–Kier alpha value is -2.39. The second kappa shape index (κ2) is 10.1. The van der Waals surface area contributed by atoms with Gasteiger partial charge in [-0.25, -0.2) is 0 Å². The van der Waals surface area contributed by atoms with Crippen molar-refractivity contribution in [1.29, 1.82) is 0 Å². The van der Waals surface area contributed by atoms with E-state index in [1.807, 2.05) is 0 Å². The highest BCUT2D eigenvalue weighted by atomic mass is 16.5. The van der Waals surface area contributed by atoms with Gasteiger partial charge in [0.1, 0.15) is 18.8 Å². The minimum atomic E-state index is -0.774. The third kappa shape index (κ3) is 6.37. The number of amides is 2. The van der Waals surface area contributed by atoms with Gasteiger partial charge in [-0.05, 0) is 20.0 Å². The largest absolute Gasteiger partial charge is 0.472 e. The molecule has 1 aromatic heterocycles. The van der Waals surface area contributed by atoms with Crippen molar-refractivity contribution < 1.29 is 23.5 Å². The maximum absolute atomic E-state index is 12.8. The molecule has 0 saturated carbocycles. The van der Waals surface area contributed by atoms with E-state index >= 15 is 0 Å². The zero-order valence-corrected chi connectivity index (χ0v) is 16.1. The molecule has 9 nitrogen and oxygen atoms in total. The quantitative estimate of drug-likeness (QED) is 0.616. The smallest absolute Gasteiger partial charge is 0.325 e. The number of carbonyl (C=O) groups excluding carboxylic acids is 3. The first kappa shape index (κ1) is 20.9. The summed E-state index contributed by atoms with van der Waals surface area (Å²) in [6, 6.07) is 0.746. The molecule has 1 atom stereocenters. The molecule has 9 heteroatoms. The number of furan rings is 1. The Kier molecular flexibility index (Phi) is 7.81. The molecule has 0 aromatic carbocycles. The summed E-state index contributed by atoms with van der Waals surface area (Å²) >= 11 is 0. The number of esters is 1. The lowest BCUT2D eigenvalue weighted by Crippen LogP contribution is -2.52. The highest BCUT2D eigenvalue weighted by Crippen LogP contribution is 2.04. The molecule has 2 amide bonds. The van der Waals surface area contributed by atoms with Crippen LogP contribution in [0.25, 0.3) is 0 Å². The lowest BCUT2D eigenvalue weighted by molar-refractivity contribution is -0.147. The van der Waals surface area contributed by atoms with Crippen molar-refractivity contribution in [3.8, 4) is 0 Å². The number of rotatable bonds is 8. The summed E-state index contributed by atoms with van der Waals surface area (Å²) < 4.78 is 9.58. The van der Waals surface area contributed by atoms with Crippen molar-refractivity contribution in [3.05, 3.63) is 24.2 Å². The molecule has 0 radical (unpaired) electrons. The number of methoxy groups -OCH3 is 1. The molecule has 1 N–H and O–H groups in total. The third-order valence-corrected chi connectivity index (χ3v) is 4.64. The van der Waals surface area contributed by atoms with E-state index in [0.717, 1.165) is 26.2 Å². The highest BCUT2D eigenvalue weighted by Gasteiger charge is 2.26. The molecule has 0 aliphatic carbocycles. The molecule has 1 aromatic rings. The van der Waals surface area contributed by atoms with Crippen LogP contribution in [0.4, 0.5) is 0 Å². The van der Waals surface area contributed by atoms with E-state index in [0.29, 0.717) is 18.7 Å². The molecule has 2 rings (SSSR count). The zero-order chi connectivity index (χ0) is 19.8. The van der Waals surface area contributed by atoms with Crippen molar-refractivity contribution in [2.75, 3.05) is 60.0 Å². The Balaban J connectivity index is 1.93. The van der Waals surface area contributed by atoms with Crippen LogP contribution in [-0.2, 0) is 14.3 Å². The minimum absolute atomic E-state index is 0.144. The average Bonchev–Trinajstić information content (AvgIpc) is 3.20. The number of carbonyl (C=O) groups is 3. The molecule has 2 heterocycles. The van der Waals surface area contributed by atoms with Gasteiger partial charge in [0.05, 0.1) is 18.9 Å². The summed E-state index contributed by atoms with van der Waals surface area (Å²) in [6.07, 6.45) is 2.70. The molecule has 27 heavy (non-hydrogen) atoms. The third-order valence-electron chi connectivity index (χ3n) is 4.64. The van der Waals surface area contributed by atoms with Crippen molar-refractivity contribution in [2.45, 2.75) is 13.0 Å². The maximum atomic E-state index is 12.8. The van der Waals surface area contributed by atoms with Gasteiger partial charge in [0.25, 0.3) is 5.91 Å². The molecule has 0 spiro atoms. The van der Waals surface area contributed by atoms with Crippen LogP contribution in [0.1, 0.15) is 17.3 Å². The molecular weight excluding hydrogens is 352 g/mol. The van der Waals surface area contributed by atoms with Crippen molar-refractivity contribution in [1.82, 2.24) is 20.0 Å². The van der Waals surface area contributed by atoms with Crippen LogP contribution < -0.4 is 5.32 Å². The second-order valence-corrected chi connectivity index (χ2v) is 6.69. The summed E-state index contributed by atoms with van der Waals surface area (Å²) in [5.41, 5.74) is 0.339. The van der Waals surface area contributed by atoms with E-state index in [1.54, 1.807) is 6.92 Å². The van der Waals surface area contributed by atoms with Crippen LogP contribution in [0.3, 0.4) is 0 Å². The summed E-state index contributed by atoms with van der Waals surface area (Å²) in [7, 11) is 3.37. The average molecular weight is 380 g/mol. The van der Waals surface area contributed by atoms with Gasteiger partial charge in [-0.3, -0.25) is 19.3 Å². The molecule has 1 aliphatic rings. The number of hydrogen-bond donors (Lipinski definition) is 1. The van der Waals surface area contributed by atoms with Crippen molar-refractivity contribution in [2.24, 2.45) is 0 Å². The lowest BCUT2D eigenvalue weighted by Gasteiger charge is -2.34. The number of ether oxygens (including phenoxy) is 1. The number of likely N-dealkylation sites (N-methyl/N-ethyl adjacent to an activating group) is 1. The van der Waals surface area contributed by atoms with Gasteiger partial charge in [0.15, 0.2) is 0 Å². The SMILES string of the molecule is COC(=O)CN(CCN1CCN(C)CC1)C(=O)[C@H](C)NC(=O)c1ccoc1. The molecule has 0 bridgehead atoms. The summed E-state index contributed by atoms with van der Waals surface area (Å²) in [5, 5.41) is 2.64. The normalized spacial score (nSPS) is 16.6. The second-order valence-electron chi connectivity index (χ2n) is 6.69. The fraction of sp³-hybridized carbons (Fsp3) is 0.611. The van der Waals surface area contributed by atoms with Crippen LogP contribution in [0, 0.1) is 0 Å². The number of nitrogens with one attached hydrogen (secondary N) is 1. The van der Waals surface area contributed by atoms with Gasteiger partial charge in [-0.1, -0.05) is 0 Å². The van der Waals surface area contributed by atoms with E-state index in [9.17, 15) is 14.4 Å². The molecule has 1 aliphatic heterocycles. The maximum Gasteiger partial charge on any atom is 0.325 e. The Morgan fingerprint density at radius 1 is 1.30 bits per heavy atom. The summed E-state index contributed by atoms with van der Waals surface area (Å²) in [5.74, 6) is -1.22. The van der Waals surface area contributed by atoms with Gasteiger partial charge in [0, 0.05) is 39.3 Å². The Bertz CT molecular complexity index is 626. The van der Waals surface area contributed by atoms with Crippen molar-refractivity contribution >= 4 is 17.8 Å². The Morgan fingerprint density at radius 2 is 2.00 bits per heavy atom. The van der Waals surface area contributed by atoms with Crippen molar-refractivity contribution in [3.63, 3.8) is 0 Å². The van der Waals surface area contributed by atoms with Gasteiger partial charge in [0.2, 0.25) is 5.91 Å². The van der Waals surface area contributed by atoms with E-state index in [2.05, 4.69) is 22.2 Å². The highest BCUT2D eigenvalue weighted by molar-refractivity contribution is 5.97. The fourth-order valence-electron chi connectivity index (χ4n) is 2.83. The monoisotopic (exact) mass is 380 g/mol. The Labute approximate surface area is 159 Å². The van der Waals surface area contributed by atoms with E-state index in [-0.39, 0.29) is 12.5 Å². The zero-order valence-electron chi connectivity index (χ0n) is 16.1. The first-order valence-corrected chi connectivity index (χ1v) is 9.00. The van der Waals surface area contributed by atoms with E-state index in [1.165, 1.54) is 30.6 Å². The van der Waals surface area contributed by atoms with E-state index in [4.69, 9.17) is 9.15 Å². The predicted molar refractivity (Wildman–Crippen MR) is 98.2 cm³/mol. The lowest BCUT2D eigenvalue weighted by atomic mass is 10.2. The van der Waals surface area contributed by atoms with Crippen LogP contribution >= 0.6 is 0 Å². The van der Waals surface area contributed by atoms with Gasteiger partial charge in [-0.15, -0.1) is 0 Å². The van der Waals surface area contributed by atoms with Crippen LogP contribution in [0.15, 0.2) is 23.0 Å². The minimum Gasteiger partial charge on any atom is -0.472 e. The standard InChI is InChI=1S/C18H28N4O5/c1-14(19-17(24)15-4-11-27-13-15)18(25)22(12-16(23)26-3)10-9-21-7-5-20(2)6-8-21/h4,11,13-14H,5-10,12H2,1-3H3,(H,19,24)/t14-/m0/s1. The van der Waals surface area contributed by atoms with Crippen LogP contribution in [-0.4, -0.2) is 98.5 Å². The number of hydrogen-bond acceptors (Lipinski definition) is 7. The summed E-state index contributed by atoms with van der Waals surface area (Å²) in [4.78, 5) is 42.5. The topological polar surface area (TPSA) is 95.3 Å². The van der Waals surface area contributed by atoms with Crippen LogP contribution in [0.5, 0.6) is 0 Å². The predicted octanol–water partition coefficient (Wildman–Crippen LogP) is -0.353. The van der Waals surface area contributed by atoms with Gasteiger partial charge in [-0.2, -0.15) is 0 Å².